The van der Waals surface area contributed by atoms with Crippen molar-refractivity contribution in [1.29, 1.82) is 0 Å². The molecule has 0 aliphatic heterocycles. The number of rotatable bonds is 5. The van der Waals surface area contributed by atoms with E-state index in [0.717, 1.165) is 39.6 Å². The Morgan fingerprint density at radius 1 is 0.767 bits per heavy atom. The molecule has 0 saturated carbocycles. The lowest BCUT2D eigenvalue weighted by atomic mass is 10.1. The Balaban J connectivity index is 1.56. The molecule has 0 aliphatic carbocycles. The zero-order valence-corrected chi connectivity index (χ0v) is 17.5. The molecule has 3 aromatic carbocycles. The molecule has 5 aromatic rings. The smallest absolute Gasteiger partial charge is 0.189 e. The van der Waals surface area contributed by atoms with Gasteiger partial charge >= 0.3 is 0 Å². The molecule has 2 heterocycles. The van der Waals surface area contributed by atoms with Crippen molar-refractivity contribution in [2.45, 2.75) is 10.9 Å². The number of fused-ring (bicyclic) bond motifs is 1. The van der Waals surface area contributed by atoms with Gasteiger partial charge in [0.2, 0.25) is 0 Å². The molecular weight excluding hydrogens is 412 g/mol. The summed E-state index contributed by atoms with van der Waals surface area (Å²) in [5.74, 6) is 1.53. The number of aromatic nitrogens is 4. The van der Waals surface area contributed by atoms with Gasteiger partial charge in [0.05, 0.1) is 16.7 Å². The number of benzene rings is 3. The van der Waals surface area contributed by atoms with Crippen LogP contribution in [0.25, 0.3) is 33.8 Å². The van der Waals surface area contributed by atoms with Gasteiger partial charge in [0, 0.05) is 16.3 Å². The van der Waals surface area contributed by atoms with Gasteiger partial charge in [-0.3, -0.25) is 0 Å². The monoisotopic (exact) mass is 428 g/mol. The number of para-hydroxylation sites is 2. The number of halogens is 1. The molecule has 30 heavy (non-hydrogen) atoms. The normalized spacial score (nSPS) is 11.1. The minimum absolute atomic E-state index is 0.698. The van der Waals surface area contributed by atoms with Crippen molar-refractivity contribution in [3.05, 3.63) is 95.5 Å². The largest absolute Gasteiger partial charge is 0.337 e. The number of imidazole rings is 1. The van der Waals surface area contributed by atoms with E-state index in [1.807, 2.05) is 72.8 Å². The molecule has 0 aliphatic rings. The Labute approximate surface area is 183 Å². The average Bonchev–Trinajstić information content (AvgIpc) is 3.23. The standard InChI is InChI=1S/C24H17ClN4S/c25-18-12-10-17(11-13-18)21-14-22(23-26-19-8-4-5-9-20(19)27-23)29-24(28-21)30-15-16-6-2-1-3-7-16/h1-14H,15H2,(H,26,27). The average molecular weight is 429 g/mol. The predicted molar refractivity (Wildman–Crippen MR) is 124 cm³/mol. The molecule has 0 amide bonds. The molecule has 5 rings (SSSR count). The van der Waals surface area contributed by atoms with Crippen LogP contribution in [-0.4, -0.2) is 19.9 Å². The quantitative estimate of drug-likeness (QED) is 0.252. The molecule has 0 saturated heterocycles. The fourth-order valence-corrected chi connectivity index (χ4v) is 4.12. The number of nitrogens with one attached hydrogen (secondary N) is 1. The molecule has 0 unspecified atom stereocenters. The molecule has 0 spiro atoms. The van der Waals surface area contributed by atoms with Crippen LogP contribution in [0.2, 0.25) is 5.02 Å². The van der Waals surface area contributed by atoms with Gasteiger partial charge in [0.1, 0.15) is 5.69 Å². The maximum absolute atomic E-state index is 6.07. The van der Waals surface area contributed by atoms with Crippen LogP contribution >= 0.6 is 23.4 Å². The minimum atomic E-state index is 0.698. The van der Waals surface area contributed by atoms with E-state index in [1.165, 1.54) is 5.56 Å². The second-order valence-electron chi connectivity index (χ2n) is 6.80. The predicted octanol–water partition coefficient (Wildman–Crippen LogP) is 6.63. The maximum atomic E-state index is 6.07. The molecule has 1 N–H and O–H groups in total. The van der Waals surface area contributed by atoms with E-state index in [1.54, 1.807) is 11.8 Å². The summed E-state index contributed by atoms with van der Waals surface area (Å²) in [5, 5.41) is 1.41. The third kappa shape index (κ3) is 4.08. The van der Waals surface area contributed by atoms with Crippen molar-refractivity contribution >= 4 is 34.4 Å². The van der Waals surface area contributed by atoms with E-state index in [0.29, 0.717) is 10.2 Å². The van der Waals surface area contributed by atoms with Crippen molar-refractivity contribution in [3.63, 3.8) is 0 Å². The lowest BCUT2D eigenvalue weighted by Crippen LogP contribution is -1.96. The number of thioether (sulfide) groups is 1. The first-order chi connectivity index (χ1) is 14.7. The highest BCUT2D eigenvalue weighted by Crippen LogP contribution is 2.29. The zero-order valence-electron chi connectivity index (χ0n) is 15.9. The van der Waals surface area contributed by atoms with Gasteiger partial charge < -0.3 is 4.98 Å². The Bertz CT molecular complexity index is 1270. The minimum Gasteiger partial charge on any atom is -0.337 e. The Morgan fingerprint density at radius 2 is 1.50 bits per heavy atom. The molecule has 0 fully saturated rings. The van der Waals surface area contributed by atoms with Crippen LogP contribution in [0, 0.1) is 0 Å². The van der Waals surface area contributed by atoms with Crippen LogP contribution in [0.15, 0.2) is 90.1 Å². The third-order valence-electron chi connectivity index (χ3n) is 4.69. The fraction of sp³-hybridized carbons (Fsp3) is 0.0417. The van der Waals surface area contributed by atoms with Crippen LogP contribution in [0.3, 0.4) is 0 Å². The lowest BCUT2D eigenvalue weighted by Gasteiger charge is -2.07. The molecular formula is C24H17ClN4S. The van der Waals surface area contributed by atoms with Gasteiger partial charge in [-0.15, -0.1) is 0 Å². The molecule has 4 nitrogen and oxygen atoms in total. The Hall–Kier alpha value is -3.15. The van der Waals surface area contributed by atoms with Crippen LogP contribution < -0.4 is 0 Å². The summed E-state index contributed by atoms with van der Waals surface area (Å²) in [4.78, 5) is 17.7. The van der Waals surface area contributed by atoms with Gasteiger partial charge in [-0.25, -0.2) is 15.0 Å². The molecule has 0 atom stereocenters. The summed E-state index contributed by atoms with van der Waals surface area (Å²) in [7, 11) is 0. The zero-order chi connectivity index (χ0) is 20.3. The van der Waals surface area contributed by atoms with Crippen molar-refractivity contribution in [1.82, 2.24) is 19.9 Å². The van der Waals surface area contributed by atoms with Crippen LogP contribution in [-0.2, 0) is 5.75 Å². The molecule has 2 aromatic heterocycles. The van der Waals surface area contributed by atoms with E-state index >= 15 is 0 Å². The van der Waals surface area contributed by atoms with Crippen LogP contribution in [0.5, 0.6) is 0 Å². The van der Waals surface area contributed by atoms with E-state index in [-0.39, 0.29) is 0 Å². The summed E-state index contributed by atoms with van der Waals surface area (Å²) in [6.45, 7) is 0. The van der Waals surface area contributed by atoms with E-state index in [2.05, 4.69) is 17.1 Å². The third-order valence-corrected chi connectivity index (χ3v) is 5.86. The van der Waals surface area contributed by atoms with Gasteiger partial charge in [0.15, 0.2) is 11.0 Å². The van der Waals surface area contributed by atoms with Crippen LogP contribution in [0.1, 0.15) is 5.56 Å². The number of hydrogen-bond acceptors (Lipinski definition) is 4. The summed E-state index contributed by atoms with van der Waals surface area (Å²) in [6, 6.07) is 27.9. The highest BCUT2D eigenvalue weighted by atomic mass is 35.5. The van der Waals surface area contributed by atoms with Gasteiger partial charge in [-0.05, 0) is 35.9 Å². The summed E-state index contributed by atoms with van der Waals surface area (Å²) in [5.41, 5.74) is 5.72. The topological polar surface area (TPSA) is 54.5 Å². The number of aromatic amines is 1. The maximum Gasteiger partial charge on any atom is 0.189 e. The van der Waals surface area contributed by atoms with Gasteiger partial charge in [0.25, 0.3) is 0 Å². The second-order valence-corrected chi connectivity index (χ2v) is 8.18. The molecule has 0 bridgehead atoms. The number of H-pyrrole nitrogens is 1. The molecule has 146 valence electrons. The van der Waals surface area contributed by atoms with Crippen molar-refractivity contribution in [3.8, 4) is 22.8 Å². The van der Waals surface area contributed by atoms with Crippen molar-refractivity contribution in [2.24, 2.45) is 0 Å². The first-order valence-corrected chi connectivity index (χ1v) is 10.9. The van der Waals surface area contributed by atoms with Gasteiger partial charge in [-0.1, -0.05) is 78.0 Å². The highest BCUT2D eigenvalue weighted by molar-refractivity contribution is 7.98. The van der Waals surface area contributed by atoms with E-state index in [4.69, 9.17) is 26.6 Å². The van der Waals surface area contributed by atoms with Crippen molar-refractivity contribution < 1.29 is 0 Å². The summed E-state index contributed by atoms with van der Waals surface area (Å²) < 4.78 is 0. The molecule has 6 heteroatoms. The second kappa shape index (κ2) is 8.30. The highest BCUT2D eigenvalue weighted by Gasteiger charge is 2.13. The first kappa shape index (κ1) is 18.9. The number of hydrogen-bond donors (Lipinski definition) is 1. The molecule has 0 radical (unpaired) electrons. The van der Waals surface area contributed by atoms with E-state index in [9.17, 15) is 0 Å². The lowest BCUT2D eigenvalue weighted by molar-refractivity contribution is 0.970. The Morgan fingerprint density at radius 3 is 2.30 bits per heavy atom. The SMILES string of the molecule is Clc1ccc(-c2cc(-c3nc4ccccc4[nH]3)nc(SCc3ccccc3)n2)cc1. The summed E-state index contributed by atoms with van der Waals surface area (Å²) >= 11 is 7.68. The Kier molecular flexibility index (Phi) is 5.22. The summed E-state index contributed by atoms with van der Waals surface area (Å²) in [6.07, 6.45) is 0. The fourth-order valence-electron chi connectivity index (χ4n) is 3.18. The first-order valence-electron chi connectivity index (χ1n) is 9.51. The number of nitrogens with zero attached hydrogens (tertiary/aromatic N) is 3. The van der Waals surface area contributed by atoms with Crippen LogP contribution in [0.4, 0.5) is 0 Å². The van der Waals surface area contributed by atoms with Gasteiger partial charge in [-0.2, -0.15) is 0 Å². The van der Waals surface area contributed by atoms with E-state index < -0.39 is 0 Å². The van der Waals surface area contributed by atoms with Crippen molar-refractivity contribution in [2.75, 3.05) is 0 Å².